The molecule has 7 heteroatoms. The predicted molar refractivity (Wildman–Crippen MR) is 46.4 cm³/mol. The van der Waals surface area contributed by atoms with Crippen LogP contribution in [0.3, 0.4) is 0 Å². The van der Waals surface area contributed by atoms with Crippen LogP contribution in [0.2, 0.25) is 0 Å². The normalized spacial score (nSPS) is 9.85. The first-order valence-corrected chi connectivity index (χ1v) is 4.31. The summed E-state index contributed by atoms with van der Waals surface area (Å²) in [5, 5.41) is 14.4. The number of rotatable bonds is 2. The van der Waals surface area contributed by atoms with Gasteiger partial charge in [-0.3, -0.25) is 10.1 Å². The summed E-state index contributed by atoms with van der Waals surface area (Å²) in [5.41, 5.74) is 0.246. The van der Waals surface area contributed by atoms with E-state index in [1.165, 1.54) is 17.5 Å². The lowest BCUT2D eigenvalue weighted by molar-refractivity contribution is 0.102. The molecule has 6 nitrogen and oxygen atoms in total. The van der Waals surface area contributed by atoms with Gasteiger partial charge in [0.2, 0.25) is 0 Å². The zero-order valence-corrected chi connectivity index (χ0v) is 7.21. The molecule has 0 aliphatic heterocycles. The Balaban J connectivity index is 2.08. The van der Waals surface area contributed by atoms with E-state index >= 15 is 0 Å². The molecule has 0 aliphatic rings. The second kappa shape index (κ2) is 3.31. The molecule has 2 aromatic rings. The highest BCUT2D eigenvalue weighted by Crippen LogP contribution is 2.10. The van der Waals surface area contributed by atoms with Gasteiger partial charge in [0.05, 0.1) is 6.20 Å². The maximum atomic E-state index is 11.3. The minimum absolute atomic E-state index is 0.246. The van der Waals surface area contributed by atoms with Crippen LogP contribution in [0.5, 0.6) is 0 Å². The fraction of sp³-hybridized carbons (Fsp3) is 0. The molecule has 0 aliphatic carbocycles. The Labute approximate surface area is 77.0 Å². The summed E-state index contributed by atoms with van der Waals surface area (Å²) in [6, 6.07) is 0. The lowest BCUT2D eigenvalue weighted by Crippen LogP contribution is -2.11. The summed E-state index contributed by atoms with van der Waals surface area (Å²) in [7, 11) is 0. The van der Waals surface area contributed by atoms with Crippen molar-refractivity contribution in [1.82, 2.24) is 20.4 Å². The Morgan fingerprint density at radius 3 is 3.15 bits per heavy atom. The standard InChI is InChI=1S/C6H5N5OS/c12-5(4-3-8-11-10-4)9-6-7-1-2-13-6/h1-3H,(H,7,9,12)(H,8,10,11). The SMILES string of the molecule is O=C(Nc1nccs1)c1cn[nH]n1. The van der Waals surface area contributed by atoms with Crippen LogP contribution in [0.15, 0.2) is 17.8 Å². The van der Waals surface area contributed by atoms with Gasteiger partial charge in [-0.25, -0.2) is 4.98 Å². The molecule has 0 bridgehead atoms. The van der Waals surface area contributed by atoms with Crippen LogP contribution in [0.1, 0.15) is 10.5 Å². The Bertz CT molecular complexity index is 381. The number of aromatic amines is 1. The van der Waals surface area contributed by atoms with E-state index in [1.54, 1.807) is 11.6 Å². The molecule has 0 aromatic carbocycles. The number of nitrogens with zero attached hydrogens (tertiary/aromatic N) is 3. The van der Waals surface area contributed by atoms with E-state index in [9.17, 15) is 4.79 Å². The summed E-state index contributed by atoms with van der Waals surface area (Å²) in [5.74, 6) is -0.316. The van der Waals surface area contributed by atoms with Crippen LogP contribution in [0, 0.1) is 0 Å². The number of carbonyl (C=O) groups is 1. The Morgan fingerprint density at radius 1 is 1.62 bits per heavy atom. The molecule has 2 rings (SSSR count). The smallest absolute Gasteiger partial charge is 0.279 e. The quantitative estimate of drug-likeness (QED) is 0.731. The molecule has 2 aromatic heterocycles. The minimum Gasteiger partial charge on any atom is -0.296 e. The van der Waals surface area contributed by atoms with E-state index in [4.69, 9.17) is 0 Å². The second-order valence-corrected chi connectivity index (χ2v) is 3.04. The van der Waals surface area contributed by atoms with E-state index in [-0.39, 0.29) is 11.6 Å². The number of carbonyl (C=O) groups excluding carboxylic acids is 1. The number of amides is 1. The second-order valence-electron chi connectivity index (χ2n) is 2.15. The van der Waals surface area contributed by atoms with Crippen LogP contribution >= 0.6 is 11.3 Å². The molecule has 0 fully saturated rings. The van der Waals surface area contributed by atoms with Crippen LogP contribution in [0.25, 0.3) is 0 Å². The highest BCUT2D eigenvalue weighted by atomic mass is 32.1. The first kappa shape index (κ1) is 7.87. The topological polar surface area (TPSA) is 83.6 Å². The fourth-order valence-corrected chi connectivity index (χ4v) is 1.28. The van der Waals surface area contributed by atoms with Gasteiger partial charge in [-0.2, -0.15) is 15.4 Å². The maximum Gasteiger partial charge on any atom is 0.279 e. The maximum absolute atomic E-state index is 11.3. The molecule has 0 radical (unpaired) electrons. The van der Waals surface area contributed by atoms with Gasteiger partial charge in [-0.05, 0) is 0 Å². The van der Waals surface area contributed by atoms with Crippen LogP contribution < -0.4 is 5.32 Å². The number of aromatic nitrogens is 4. The van der Waals surface area contributed by atoms with E-state index in [2.05, 4.69) is 25.7 Å². The molecule has 0 unspecified atom stereocenters. The predicted octanol–water partition coefficient (Wildman–Crippen LogP) is 0.514. The molecule has 0 saturated heterocycles. The summed E-state index contributed by atoms with van der Waals surface area (Å²) in [6.45, 7) is 0. The van der Waals surface area contributed by atoms with Gasteiger partial charge < -0.3 is 0 Å². The van der Waals surface area contributed by atoms with Crippen molar-refractivity contribution in [3.8, 4) is 0 Å². The van der Waals surface area contributed by atoms with Crippen molar-refractivity contribution in [3.63, 3.8) is 0 Å². The zero-order valence-electron chi connectivity index (χ0n) is 6.39. The molecule has 0 atom stereocenters. The number of hydrogen-bond acceptors (Lipinski definition) is 5. The van der Waals surface area contributed by atoms with Crippen molar-refractivity contribution >= 4 is 22.4 Å². The third-order valence-electron chi connectivity index (χ3n) is 1.30. The molecule has 1 amide bonds. The molecule has 66 valence electrons. The Kier molecular flexibility index (Phi) is 2.01. The van der Waals surface area contributed by atoms with Crippen LogP contribution in [0.4, 0.5) is 5.13 Å². The molecule has 13 heavy (non-hydrogen) atoms. The van der Waals surface area contributed by atoms with Crippen molar-refractivity contribution in [3.05, 3.63) is 23.5 Å². The van der Waals surface area contributed by atoms with Gasteiger partial charge in [0, 0.05) is 11.6 Å². The van der Waals surface area contributed by atoms with Gasteiger partial charge in [-0.15, -0.1) is 11.3 Å². The molecule has 0 spiro atoms. The van der Waals surface area contributed by atoms with Crippen molar-refractivity contribution in [2.45, 2.75) is 0 Å². The number of nitrogens with one attached hydrogen (secondary N) is 2. The van der Waals surface area contributed by atoms with Crippen molar-refractivity contribution in [2.75, 3.05) is 5.32 Å². The lowest BCUT2D eigenvalue weighted by Gasteiger charge is -1.95. The Hall–Kier alpha value is -1.76. The lowest BCUT2D eigenvalue weighted by atomic mass is 10.4. The van der Waals surface area contributed by atoms with Crippen molar-refractivity contribution in [1.29, 1.82) is 0 Å². The first-order valence-electron chi connectivity index (χ1n) is 3.43. The summed E-state index contributed by atoms with van der Waals surface area (Å²) in [6.07, 6.45) is 2.96. The van der Waals surface area contributed by atoms with E-state index in [0.717, 1.165) is 0 Å². The van der Waals surface area contributed by atoms with Gasteiger partial charge in [0.25, 0.3) is 5.91 Å². The molecule has 2 heterocycles. The average molecular weight is 195 g/mol. The Morgan fingerprint density at radius 2 is 2.54 bits per heavy atom. The molecule has 0 saturated carbocycles. The minimum atomic E-state index is -0.316. The van der Waals surface area contributed by atoms with Gasteiger partial charge in [0.15, 0.2) is 10.8 Å². The summed E-state index contributed by atoms with van der Waals surface area (Å²) >= 11 is 1.35. The van der Waals surface area contributed by atoms with Gasteiger partial charge >= 0.3 is 0 Å². The highest BCUT2D eigenvalue weighted by molar-refractivity contribution is 7.13. The van der Waals surface area contributed by atoms with E-state index in [0.29, 0.717) is 5.13 Å². The third kappa shape index (κ3) is 1.70. The summed E-state index contributed by atoms with van der Waals surface area (Å²) in [4.78, 5) is 15.2. The number of H-pyrrole nitrogens is 1. The largest absolute Gasteiger partial charge is 0.296 e. The molecule has 2 N–H and O–H groups in total. The first-order chi connectivity index (χ1) is 6.36. The van der Waals surface area contributed by atoms with E-state index < -0.39 is 0 Å². The monoisotopic (exact) mass is 195 g/mol. The number of hydrogen-bond donors (Lipinski definition) is 2. The number of anilines is 1. The van der Waals surface area contributed by atoms with Gasteiger partial charge in [-0.1, -0.05) is 0 Å². The van der Waals surface area contributed by atoms with Crippen molar-refractivity contribution < 1.29 is 4.79 Å². The van der Waals surface area contributed by atoms with Crippen molar-refractivity contribution in [2.24, 2.45) is 0 Å². The van der Waals surface area contributed by atoms with E-state index in [1.807, 2.05) is 0 Å². The summed E-state index contributed by atoms with van der Waals surface area (Å²) < 4.78 is 0. The molecular weight excluding hydrogens is 190 g/mol. The van der Waals surface area contributed by atoms with Crippen LogP contribution in [-0.4, -0.2) is 26.3 Å². The fourth-order valence-electron chi connectivity index (χ4n) is 0.757. The average Bonchev–Trinajstić information content (AvgIpc) is 2.74. The third-order valence-corrected chi connectivity index (χ3v) is 1.99. The highest BCUT2D eigenvalue weighted by Gasteiger charge is 2.09. The number of thiazole rings is 1. The van der Waals surface area contributed by atoms with Gasteiger partial charge in [0.1, 0.15) is 0 Å². The molecular formula is C6H5N5OS. The zero-order chi connectivity index (χ0) is 9.10. The van der Waals surface area contributed by atoms with Crippen LogP contribution in [-0.2, 0) is 0 Å².